The number of carbonyl (C=O) groups excluding carboxylic acids is 4. The number of methoxy groups -OCH3 is 1. The Morgan fingerprint density at radius 2 is 1.69 bits per heavy atom. The minimum atomic E-state index is -0.683. The van der Waals surface area contributed by atoms with Gasteiger partial charge >= 0.3 is 6.03 Å². The van der Waals surface area contributed by atoms with Gasteiger partial charge in [0.15, 0.2) is 6.61 Å². The first-order chi connectivity index (χ1) is 17.4. The van der Waals surface area contributed by atoms with E-state index in [1.54, 1.807) is 53.4 Å². The molecule has 188 valence electrons. The van der Waals surface area contributed by atoms with Gasteiger partial charge in [0.05, 0.1) is 20.3 Å². The Kier molecular flexibility index (Phi) is 7.81. The van der Waals surface area contributed by atoms with Crippen molar-refractivity contribution in [1.29, 1.82) is 0 Å². The maximum Gasteiger partial charge on any atom is 0.329 e. The zero-order valence-electron chi connectivity index (χ0n) is 19.7. The van der Waals surface area contributed by atoms with Crippen LogP contribution in [0, 0.1) is 0 Å². The molecule has 0 unspecified atom stereocenters. The molecule has 2 fully saturated rings. The number of morpholine rings is 1. The summed E-state index contributed by atoms with van der Waals surface area (Å²) < 4.78 is 15.9. The van der Waals surface area contributed by atoms with Crippen LogP contribution in [0.2, 0.25) is 0 Å². The molecule has 2 N–H and O–H groups in total. The summed E-state index contributed by atoms with van der Waals surface area (Å²) >= 11 is 0. The second kappa shape index (κ2) is 11.4. The van der Waals surface area contributed by atoms with Crippen molar-refractivity contribution in [3.05, 3.63) is 59.8 Å². The number of hydrogen-bond donors (Lipinski definition) is 2. The summed E-state index contributed by atoms with van der Waals surface area (Å²) in [5.41, 5.74) is 1.20. The van der Waals surface area contributed by atoms with Crippen LogP contribution in [-0.2, 0) is 19.1 Å². The van der Waals surface area contributed by atoms with Crippen molar-refractivity contribution in [2.24, 2.45) is 0 Å². The van der Waals surface area contributed by atoms with Crippen molar-refractivity contribution >= 4 is 35.5 Å². The molecule has 0 spiro atoms. The molecule has 2 aromatic carbocycles. The molecule has 2 heterocycles. The number of urea groups is 1. The van der Waals surface area contributed by atoms with Gasteiger partial charge in [-0.2, -0.15) is 0 Å². The topological polar surface area (TPSA) is 127 Å². The Bertz CT molecular complexity index is 1160. The number of amides is 5. The first kappa shape index (κ1) is 24.7. The third-order valence-electron chi connectivity index (χ3n) is 5.56. The second-order valence-corrected chi connectivity index (χ2v) is 8.01. The fourth-order valence-electron chi connectivity index (χ4n) is 3.61. The maximum absolute atomic E-state index is 12.7. The summed E-state index contributed by atoms with van der Waals surface area (Å²) in [6, 6.07) is 12.7. The van der Waals surface area contributed by atoms with Crippen LogP contribution in [-0.4, -0.2) is 80.1 Å². The number of carbonyl (C=O) groups is 4. The van der Waals surface area contributed by atoms with E-state index in [4.69, 9.17) is 14.2 Å². The van der Waals surface area contributed by atoms with Crippen molar-refractivity contribution in [1.82, 2.24) is 15.1 Å². The molecule has 0 aromatic heterocycles. The largest absolute Gasteiger partial charge is 0.497 e. The summed E-state index contributed by atoms with van der Waals surface area (Å²) in [6.45, 7) is 1.63. The Hall–Kier alpha value is -4.38. The van der Waals surface area contributed by atoms with Crippen LogP contribution in [0.3, 0.4) is 0 Å². The second-order valence-electron chi connectivity index (χ2n) is 8.01. The zero-order chi connectivity index (χ0) is 25.5. The van der Waals surface area contributed by atoms with Crippen LogP contribution in [0.25, 0.3) is 6.08 Å². The molecular formula is C25H26N4O7. The third-order valence-corrected chi connectivity index (χ3v) is 5.56. The molecule has 36 heavy (non-hydrogen) atoms. The first-order valence-electron chi connectivity index (χ1n) is 11.3. The van der Waals surface area contributed by atoms with E-state index in [1.165, 1.54) is 13.2 Å². The van der Waals surface area contributed by atoms with E-state index in [-0.39, 0.29) is 18.2 Å². The number of imide groups is 1. The molecule has 0 bridgehead atoms. The van der Waals surface area contributed by atoms with Crippen molar-refractivity contribution in [2.45, 2.75) is 0 Å². The fraction of sp³-hybridized carbons (Fsp3) is 0.280. The highest BCUT2D eigenvalue weighted by molar-refractivity contribution is 6.15. The Morgan fingerprint density at radius 3 is 2.36 bits per heavy atom. The van der Waals surface area contributed by atoms with Crippen LogP contribution in [0.4, 0.5) is 10.5 Å². The van der Waals surface area contributed by atoms with Crippen LogP contribution in [0.1, 0.15) is 5.56 Å². The average Bonchev–Trinajstić information content (AvgIpc) is 3.16. The van der Waals surface area contributed by atoms with Gasteiger partial charge in [0, 0.05) is 18.8 Å². The van der Waals surface area contributed by atoms with Gasteiger partial charge in [-0.15, -0.1) is 0 Å². The van der Waals surface area contributed by atoms with E-state index in [2.05, 4.69) is 10.6 Å². The minimum Gasteiger partial charge on any atom is -0.497 e. The average molecular weight is 495 g/mol. The smallest absolute Gasteiger partial charge is 0.329 e. The lowest BCUT2D eigenvalue weighted by molar-refractivity contribution is -0.137. The predicted octanol–water partition coefficient (Wildman–Crippen LogP) is 1.46. The standard InChI is InChI=1S/C25H26N4O7/c1-34-19-8-4-18(5-9-19)26-22(30)15-29-24(32)21(27-25(29)33)14-17-2-6-20(7-3-17)36-16-23(31)28-10-12-35-13-11-28/h2-9,14H,10-13,15-16H2,1H3,(H,26,30)(H,27,33)/b21-14-. The van der Waals surface area contributed by atoms with Crippen molar-refractivity contribution < 1.29 is 33.4 Å². The SMILES string of the molecule is COc1ccc(NC(=O)CN2C(=O)N/C(=C\c3ccc(OCC(=O)N4CCOCC4)cc3)C2=O)cc1. The number of nitrogens with one attached hydrogen (secondary N) is 2. The number of anilines is 1. The highest BCUT2D eigenvalue weighted by atomic mass is 16.5. The molecule has 0 aliphatic carbocycles. The molecule has 0 radical (unpaired) electrons. The third kappa shape index (κ3) is 6.19. The number of benzene rings is 2. The van der Waals surface area contributed by atoms with Gasteiger partial charge in [-0.05, 0) is 48.0 Å². The highest BCUT2D eigenvalue weighted by Gasteiger charge is 2.34. The van der Waals surface area contributed by atoms with Gasteiger partial charge in [0.25, 0.3) is 11.8 Å². The Morgan fingerprint density at radius 1 is 1.03 bits per heavy atom. The van der Waals surface area contributed by atoms with Gasteiger partial charge in [-0.25, -0.2) is 9.69 Å². The van der Waals surface area contributed by atoms with Gasteiger partial charge in [0.1, 0.15) is 23.7 Å². The van der Waals surface area contributed by atoms with Crippen molar-refractivity contribution in [2.75, 3.05) is 51.9 Å². The van der Waals surface area contributed by atoms with Crippen molar-refractivity contribution in [3.63, 3.8) is 0 Å². The first-order valence-corrected chi connectivity index (χ1v) is 11.3. The minimum absolute atomic E-state index is 0.0495. The monoisotopic (exact) mass is 494 g/mol. The van der Waals surface area contributed by atoms with Gasteiger partial charge in [-0.1, -0.05) is 12.1 Å². The molecule has 11 nitrogen and oxygen atoms in total. The van der Waals surface area contributed by atoms with E-state index in [0.29, 0.717) is 49.1 Å². The predicted molar refractivity (Wildman–Crippen MR) is 129 cm³/mol. The molecule has 2 aromatic rings. The Balaban J connectivity index is 1.30. The zero-order valence-corrected chi connectivity index (χ0v) is 19.7. The molecule has 2 aliphatic heterocycles. The number of hydrogen-bond acceptors (Lipinski definition) is 7. The lowest BCUT2D eigenvalue weighted by atomic mass is 10.2. The fourth-order valence-corrected chi connectivity index (χ4v) is 3.61. The summed E-state index contributed by atoms with van der Waals surface area (Å²) in [6.07, 6.45) is 1.50. The summed E-state index contributed by atoms with van der Waals surface area (Å²) in [7, 11) is 1.54. The molecule has 2 aliphatic rings. The van der Waals surface area contributed by atoms with Gasteiger partial charge in [-0.3, -0.25) is 14.4 Å². The van der Waals surface area contributed by atoms with E-state index >= 15 is 0 Å². The van der Waals surface area contributed by atoms with Crippen LogP contribution >= 0.6 is 0 Å². The lowest BCUT2D eigenvalue weighted by Gasteiger charge is -2.26. The Labute approximate surface area is 207 Å². The molecule has 0 atom stereocenters. The number of nitrogens with zero attached hydrogens (tertiary/aromatic N) is 2. The van der Waals surface area contributed by atoms with Crippen molar-refractivity contribution in [3.8, 4) is 11.5 Å². The van der Waals surface area contributed by atoms with Crippen LogP contribution in [0.5, 0.6) is 11.5 Å². The number of ether oxygens (including phenoxy) is 3. The van der Waals surface area contributed by atoms with E-state index in [9.17, 15) is 19.2 Å². The molecule has 4 rings (SSSR count). The molecule has 5 amide bonds. The lowest BCUT2D eigenvalue weighted by Crippen LogP contribution is -2.42. The van der Waals surface area contributed by atoms with Gasteiger partial charge in [0.2, 0.25) is 5.91 Å². The van der Waals surface area contributed by atoms with E-state index in [0.717, 1.165) is 4.90 Å². The molecule has 0 saturated carbocycles. The highest BCUT2D eigenvalue weighted by Crippen LogP contribution is 2.18. The summed E-state index contributed by atoms with van der Waals surface area (Å²) in [5.74, 6) is -0.102. The van der Waals surface area contributed by atoms with E-state index in [1.807, 2.05) is 0 Å². The molecule has 11 heteroatoms. The summed E-state index contributed by atoms with van der Waals surface area (Å²) in [5, 5.41) is 5.13. The molecular weight excluding hydrogens is 468 g/mol. The van der Waals surface area contributed by atoms with Gasteiger partial charge < -0.3 is 29.7 Å². The number of rotatable bonds is 8. The van der Waals surface area contributed by atoms with Crippen LogP contribution < -0.4 is 20.1 Å². The molecule has 2 saturated heterocycles. The normalized spacial score (nSPS) is 16.6. The summed E-state index contributed by atoms with van der Waals surface area (Å²) in [4.78, 5) is 52.0. The quantitative estimate of drug-likeness (QED) is 0.420. The van der Waals surface area contributed by atoms with E-state index < -0.39 is 24.4 Å². The maximum atomic E-state index is 12.7. The van der Waals surface area contributed by atoms with Crippen LogP contribution in [0.15, 0.2) is 54.2 Å².